The number of hydrogen-bond donors (Lipinski definition) is 3. The molecule has 0 spiro atoms. The molecule has 3 N–H and O–H groups in total. The summed E-state index contributed by atoms with van der Waals surface area (Å²) >= 11 is 1.18. The van der Waals surface area contributed by atoms with Crippen LogP contribution >= 0.6 is 11.3 Å². The molecule has 0 aliphatic heterocycles. The van der Waals surface area contributed by atoms with Gasteiger partial charge in [-0.1, -0.05) is 0 Å². The minimum Gasteiger partial charge on any atom is -0.469 e. The highest BCUT2D eigenvalue weighted by Crippen LogP contribution is 2.16. The average Bonchev–Trinajstić information content (AvgIpc) is 2.98. The Kier molecular flexibility index (Phi) is 3.76. The van der Waals surface area contributed by atoms with Gasteiger partial charge in [0, 0.05) is 11.6 Å². The van der Waals surface area contributed by atoms with Gasteiger partial charge >= 0.3 is 11.7 Å². The molecule has 8 nitrogen and oxygen atoms in total. The zero-order valence-electron chi connectivity index (χ0n) is 9.85. The third-order valence-electron chi connectivity index (χ3n) is 2.17. The van der Waals surface area contributed by atoms with Crippen molar-refractivity contribution in [3.8, 4) is 0 Å². The third kappa shape index (κ3) is 3.28. The number of thiazole rings is 1. The van der Waals surface area contributed by atoms with Gasteiger partial charge in [-0.05, 0) is 0 Å². The van der Waals surface area contributed by atoms with E-state index in [4.69, 9.17) is 0 Å². The molecule has 2 aromatic heterocycles. The Morgan fingerprint density at radius 3 is 2.95 bits per heavy atom. The van der Waals surface area contributed by atoms with Crippen LogP contribution < -0.4 is 11.0 Å². The number of esters is 1. The van der Waals surface area contributed by atoms with Crippen LogP contribution in [0.5, 0.6) is 0 Å². The summed E-state index contributed by atoms with van der Waals surface area (Å²) in [4.78, 5) is 42.3. The van der Waals surface area contributed by atoms with Crippen molar-refractivity contribution in [2.45, 2.75) is 6.42 Å². The fraction of sp³-hybridized carbons (Fsp3) is 0.200. The van der Waals surface area contributed by atoms with Crippen molar-refractivity contribution in [1.29, 1.82) is 0 Å². The van der Waals surface area contributed by atoms with Gasteiger partial charge in [0.15, 0.2) is 5.13 Å². The van der Waals surface area contributed by atoms with E-state index in [-0.39, 0.29) is 12.1 Å². The minimum atomic E-state index is -0.489. The van der Waals surface area contributed by atoms with Crippen molar-refractivity contribution < 1.29 is 14.3 Å². The van der Waals surface area contributed by atoms with Crippen LogP contribution in [0, 0.1) is 0 Å². The van der Waals surface area contributed by atoms with Crippen molar-refractivity contribution in [2.75, 3.05) is 12.4 Å². The fourth-order valence-corrected chi connectivity index (χ4v) is 1.99. The Morgan fingerprint density at radius 1 is 1.53 bits per heavy atom. The molecule has 0 atom stereocenters. The van der Waals surface area contributed by atoms with Crippen molar-refractivity contribution >= 4 is 28.3 Å². The van der Waals surface area contributed by atoms with E-state index in [1.165, 1.54) is 24.6 Å². The quantitative estimate of drug-likeness (QED) is 0.689. The lowest BCUT2D eigenvalue weighted by Gasteiger charge is -1.97. The maximum Gasteiger partial charge on any atom is 0.323 e. The van der Waals surface area contributed by atoms with E-state index in [2.05, 4.69) is 25.0 Å². The molecule has 0 aromatic carbocycles. The topological polar surface area (TPSA) is 117 Å². The minimum absolute atomic E-state index is 0.0455. The van der Waals surface area contributed by atoms with E-state index in [1.807, 2.05) is 0 Å². The average molecular weight is 282 g/mol. The van der Waals surface area contributed by atoms with E-state index < -0.39 is 17.6 Å². The summed E-state index contributed by atoms with van der Waals surface area (Å²) in [7, 11) is 1.29. The largest absolute Gasteiger partial charge is 0.469 e. The maximum absolute atomic E-state index is 11.7. The second-order valence-electron chi connectivity index (χ2n) is 3.51. The first kappa shape index (κ1) is 13.0. The number of aromatic amines is 2. The number of aromatic nitrogens is 3. The number of methoxy groups -OCH3 is 1. The predicted octanol–water partition coefficient (Wildman–Crippen LogP) is 0.127. The van der Waals surface area contributed by atoms with Gasteiger partial charge in [-0.25, -0.2) is 9.78 Å². The Hall–Kier alpha value is -2.42. The molecule has 2 heterocycles. The predicted molar refractivity (Wildman–Crippen MR) is 67.2 cm³/mol. The van der Waals surface area contributed by atoms with E-state index in [9.17, 15) is 14.4 Å². The van der Waals surface area contributed by atoms with Gasteiger partial charge in [-0.2, -0.15) is 0 Å². The first-order valence-electron chi connectivity index (χ1n) is 5.18. The number of ether oxygens (including phenoxy) is 1. The molecule has 0 radical (unpaired) electrons. The number of amides is 1. The first-order chi connectivity index (χ1) is 9.08. The number of imidazole rings is 1. The molecule has 0 aliphatic rings. The number of rotatable bonds is 4. The number of carbonyl (C=O) groups is 2. The molecule has 0 bridgehead atoms. The van der Waals surface area contributed by atoms with Gasteiger partial charge in [0.2, 0.25) is 0 Å². The molecule has 9 heteroatoms. The highest BCUT2D eigenvalue weighted by Gasteiger charge is 2.12. The lowest BCUT2D eigenvalue weighted by molar-refractivity contribution is -0.139. The molecule has 2 rings (SSSR count). The first-order valence-corrected chi connectivity index (χ1v) is 6.06. The smallest absolute Gasteiger partial charge is 0.323 e. The van der Waals surface area contributed by atoms with Gasteiger partial charge in [0.05, 0.1) is 19.2 Å². The van der Waals surface area contributed by atoms with E-state index in [1.54, 1.807) is 5.38 Å². The molecule has 0 saturated carbocycles. The molecule has 100 valence electrons. The lowest BCUT2D eigenvalue weighted by atomic mass is 10.3. The van der Waals surface area contributed by atoms with Gasteiger partial charge in [-0.15, -0.1) is 11.3 Å². The SMILES string of the molecule is COC(=O)Cc1csc(NC(=O)c2c[nH]c(=O)[nH]2)n1. The van der Waals surface area contributed by atoms with E-state index >= 15 is 0 Å². The van der Waals surface area contributed by atoms with Crippen LogP contribution in [0.3, 0.4) is 0 Å². The van der Waals surface area contributed by atoms with Crippen LogP contribution in [0.25, 0.3) is 0 Å². The maximum atomic E-state index is 11.7. The Labute approximate surface area is 110 Å². The number of carbonyl (C=O) groups excluding carboxylic acids is 2. The molecule has 2 aromatic rings. The summed E-state index contributed by atoms with van der Waals surface area (Å²) < 4.78 is 4.51. The second-order valence-corrected chi connectivity index (χ2v) is 4.37. The van der Waals surface area contributed by atoms with Crippen molar-refractivity contribution in [3.63, 3.8) is 0 Å². The van der Waals surface area contributed by atoms with Gasteiger partial charge < -0.3 is 14.7 Å². The molecule has 0 aliphatic carbocycles. The summed E-state index contributed by atoms with van der Waals surface area (Å²) in [6.45, 7) is 0. The van der Waals surface area contributed by atoms with E-state index in [0.717, 1.165) is 0 Å². The van der Waals surface area contributed by atoms with E-state index in [0.29, 0.717) is 10.8 Å². The number of nitrogens with one attached hydrogen (secondary N) is 3. The van der Waals surface area contributed by atoms with Crippen molar-refractivity contribution in [3.05, 3.63) is 33.4 Å². The third-order valence-corrected chi connectivity index (χ3v) is 2.97. The van der Waals surface area contributed by atoms with Crippen LogP contribution in [0.1, 0.15) is 16.2 Å². The van der Waals surface area contributed by atoms with Crippen molar-refractivity contribution in [2.24, 2.45) is 0 Å². The number of anilines is 1. The summed E-state index contributed by atoms with van der Waals surface area (Å²) in [5.74, 6) is -0.893. The Balaban J connectivity index is 2.02. The van der Waals surface area contributed by atoms with Crippen LogP contribution in [-0.2, 0) is 16.0 Å². The molecule has 19 heavy (non-hydrogen) atoms. The second kappa shape index (κ2) is 5.48. The lowest BCUT2D eigenvalue weighted by Crippen LogP contribution is -2.14. The molecule has 0 unspecified atom stereocenters. The van der Waals surface area contributed by atoms with Crippen LogP contribution in [-0.4, -0.2) is 33.9 Å². The monoisotopic (exact) mass is 282 g/mol. The molecule has 1 amide bonds. The summed E-state index contributed by atoms with van der Waals surface area (Å²) in [6, 6.07) is 0. The molecule has 0 fully saturated rings. The normalized spacial score (nSPS) is 10.2. The zero-order chi connectivity index (χ0) is 13.8. The molecular formula is C10H10N4O4S. The van der Waals surface area contributed by atoms with Crippen molar-refractivity contribution in [1.82, 2.24) is 15.0 Å². The fourth-order valence-electron chi connectivity index (χ4n) is 1.28. The van der Waals surface area contributed by atoms with Gasteiger partial charge in [0.1, 0.15) is 5.69 Å². The number of nitrogens with zero attached hydrogens (tertiary/aromatic N) is 1. The summed E-state index contributed by atoms with van der Waals surface area (Å²) in [5, 5.41) is 4.49. The van der Waals surface area contributed by atoms with Crippen LogP contribution in [0.15, 0.2) is 16.4 Å². The Bertz CT molecular complexity index is 656. The number of H-pyrrole nitrogens is 2. The Morgan fingerprint density at radius 2 is 2.32 bits per heavy atom. The molecule has 0 saturated heterocycles. The summed E-state index contributed by atoms with van der Waals surface area (Å²) in [5.41, 5.74) is 0.153. The highest BCUT2D eigenvalue weighted by atomic mass is 32.1. The highest BCUT2D eigenvalue weighted by molar-refractivity contribution is 7.14. The number of hydrogen-bond acceptors (Lipinski definition) is 6. The standard InChI is InChI=1S/C10H10N4O4S/c1-18-7(15)2-5-4-19-10(12-5)14-8(16)6-3-11-9(17)13-6/h3-4H,2H2,1H3,(H2,11,13,17)(H,12,14,16). The zero-order valence-corrected chi connectivity index (χ0v) is 10.7. The summed E-state index contributed by atoms with van der Waals surface area (Å²) in [6.07, 6.45) is 1.31. The van der Waals surface area contributed by atoms with Crippen LogP contribution in [0.2, 0.25) is 0 Å². The van der Waals surface area contributed by atoms with Gasteiger partial charge in [-0.3, -0.25) is 14.9 Å². The van der Waals surface area contributed by atoms with Gasteiger partial charge in [0.25, 0.3) is 5.91 Å². The van der Waals surface area contributed by atoms with Crippen LogP contribution in [0.4, 0.5) is 5.13 Å². The molecular weight excluding hydrogens is 272 g/mol.